The van der Waals surface area contributed by atoms with E-state index in [2.05, 4.69) is 15.3 Å². The third kappa shape index (κ3) is 4.64. The lowest BCUT2D eigenvalue weighted by atomic mass is 10.3. The predicted octanol–water partition coefficient (Wildman–Crippen LogP) is 1.48. The Balaban J connectivity index is 2.33. The van der Waals surface area contributed by atoms with Crippen molar-refractivity contribution in [3.63, 3.8) is 0 Å². The Hall–Kier alpha value is -1.30. The molecular weight excluding hydrogens is 214 g/mol. The Kier molecular flexibility index (Phi) is 4.89. The van der Waals surface area contributed by atoms with Crippen molar-refractivity contribution in [3.8, 4) is 0 Å². The number of anilines is 1. The van der Waals surface area contributed by atoms with Crippen LogP contribution in [0.15, 0.2) is 17.4 Å². The van der Waals surface area contributed by atoms with E-state index < -0.39 is 5.97 Å². The summed E-state index contributed by atoms with van der Waals surface area (Å²) in [6.07, 6.45) is 5.99. The maximum Gasteiger partial charge on any atom is 0.303 e. The van der Waals surface area contributed by atoms with Crippen molar-refractivity contribution in [2.75, 3.05) is 18.1 Å². The monoisotopic (exact) mass is 227 g/mol. The summed E-state index contributed by atoms with van der Waals surface area (Å²) in [6.45, 7) is 0.596. The standard InChI is InChI=1S/C9H13N3O2S/c1-15-8-6-10-5-7(12-8)11-4-2-3-9(13)14/h5-6H,2-4H2,1H3,(H,11,12)(H,13,14). The van der Waals surface area contributed by atoms with Crippen LogP contribution in [0.25, 0.3) is 0 Å². The molecule has 1 aromatic rings. The lowest BCUT2D eigenvalue weighted by Gasteiger charge is -2.04. The van der Waals surface area contributed by atoms with Gasteiger partial charge in [-0.3, -0.25) is 9.78 Å². The number of nitrogens with one attached hydrogen (secondary N) is 1. The first-order valence-corrected chi connectivity index (χ1v) is 5.76. The Bertz CT molecular complexity index is 333. The molecule has 1 heterocycles. The molecule has 1 aromatic heterocycles. The fourth-order valence-electron chi connectivity index (χ4n) is 0.988. The number of hydrogen-bond donors (Lipinski definition) is 2. The molecule has 0 fully saturated rings. The number of carboxylic acid groups (broad SMARTS) is 1. The highest BCUT2D eigenvalue weighted by Crippen LogP contribution is 2.11. The topological polar surface area (TPSA) is 75.1 Å². The van der Waals surface area contributed by atoms with Crippen LogP contribution < -0.4 is 5.32 Å². The number of carbonyl (C=O) groups is 1. The highest BCUT2D eigenvalue weighted by atomic mass is 32.2. The molecule has 0 aliphatic carbocycles. The Morgan fingerprint density at radius 2 is 2.40 bits per heavy atom. The van der Waals surface area contributed by atoms with Crippen molar-refractivity contribution >= 4 is 23.5 Å². The smallest absolute Gasteiger partial charge is 0.303 e. The summed E-state index contributed by atoms with van der Waals surface area (Å²) in [5, 5.41) is 12.3. The second-order valence-electron chi connectivity index (χ2n) is 2.87. The highest BCUT2D eigenvalue weighted by molar-refractivity contribution is 7.98. The molecule has 0 bridgehead atoms. The second-order valence-corrected chi connectivity index (χ2v) is 3.70. The van der Waals surface area contributed by atoms with E-state index in [4.69, 9.17) is 5.11 Å². The lowest BCUT2D eigenvalue weighted by Crippen LogP contribution is -2.06. The van der Waals surface area contributed by atoms with Gasteiger partial charge in [-0.25, -0.2) is 4.98 Å². The SMILES string of the molecule is CSc1cncc(NCCCC(=O)O)n1. The minimum Gasteiger partial charge on any atom is -0.481 e. The maximum absolute atomic E-state index is 10.3. The average molecular weight is 227 g/mol. The van der Waals surface area contributed by atoms with Crippen LogP contribution in [0.2, 0.25) is 0 Å². The largest absolute Gasteiger partial charge is 0.481 e. The van der Waals surface area contributed by atoms with Crippen LogP contribution in [0.5, 0.6) is 0 Å². The molecule has 0 aliphatic rings. The summed E-state index contributed by atoms with van der Waals surface area (Å²) >= 11 is 1.52. The molecule has 0 radical (unpaired) electrons. The zero-order valence-corrected chi connectivity index (χ0v) is 9.25. The van der Waals surface area contributed by atoms with Gasteiger partial charge in [0.25, 0.3) is 0 Å². The molecule has 82 valence electrons. The average Bonchev–Trinajstić information content (AvgIpc) is 2.24. The number of carboxylic acids is 1. The first kappa shape index (κ1) is 11.8. The minimum atomic E-state index is -0.777. The number of rotatable bonds is 6. The molecule has 5 nitrogen and oxygen atoms in total. The lowest BCUT2D eigenvalue weighted by molar-refractivity contribution is -0.137. The van der Waals surface area contributed by atoms with Gasteiger partial charge in [-0.15, -0.1) is 11.8 Å². The van der Waals surface area contributed by atoms with E-state index in [0.29, 0.717) is 18.8 Å². The van der Waals surface area contributed by atoms with Crippen molar-refractivity contribution in [1.82, 2.24) is 9.97 Å². The van der Waals surface area contributed by atoms with Gasteiger partial charge in [-0.2, -0.15) is 0 Å². The summed E-state index contributed by atoms with van der Waals surface area (Å²) < 4.78 is 0. The van der Waals surface area contributed by atoms with Crippen LogP contribution in [0, 0.1) is 0 Å². The molecule has 0 spiro atoms. The molecule has 0 atom stereocenters. The third-order valence-electron chi connectivity index (χ3n) is 1.70. The summed E-state index contributed by atoms with van der Waals surface area (Å²) in [6, 6.07) is 0. The van der Waals surface area contributed by atoms with E-state index >= 15 is 0 Å². The van der Waals surface area contributed by atoms with Crippen molar-refractivity contribution in [3.05, 3.63) is 12.4 Å². The van der Waals surface area contributed by atoms with Crippen LogP contribution >= 0.6 is 11.8 Å². The zero-order chi connectivity index (χ0) is 11.1. The Morgan fingerprint density at radius 3 is 3.07 bits per heavy atom. The normalized spacial score (nSPS) is 9.93. The van der Waals surface area contributed by atoms with Crippen molar-refractivity contribution in [2.24, 2.45) is 0 Å². The number of aliphatic carboxylic acids is 1. The van der Waals surface area contributed by atoms with Crippen LogP contribution in [0.4, 0.5) is 5.82 Å². The molecular formula is C9H13N3O2S. The van der Waals surface area contributed by atoms with E-state index in [1.54, 1.807) is 12.4 Å². The molecule has 0 saturated carbocycles. The van der Waals surface area contributed by atoms with Gasteiger partial charge < -0.3 is 10.4 Å². The molecule has 0 unspecified atom stereocenters. The fourth-order valence-corrected chi connectivity index (χ4v) is 1.34. The van der Waals surface area contributed by atoms with Gasteiger partial charge in [-0.1, -0.05) is 0 Å². The van der Waals surface area contributed by atoms with Crippen LogP contribution in [0.1, 0.15) is 12.8 Å². The van der Waals surface area contributed by atoms with E-state index in [9.17, 15) is 4.79 Å². The predicted molar refractivity (Wildman–Crippen MR) is 59.2 cm³/mol. The number of nitrogens with zero attached hydrogens (tertiary/aromatic N) is 2. The molecule has 0 aliphatic heterocycles. The Labute approximate surface area is 92.3 Å². The van der Waals surface area contributed by atoms with Gasteiger partial charge in [-0.05, 0) is 12.7 Å². The third-order valence-corrected chi connectivity index (χ3v) is 2.31. The van der Waals surface area contributed by atoms with Crippen molar-refractivity contribution in [1.29, 1.82) is 0 Å². The number of thioether (sulfide) groups is 1. The highest BCUT2D eigenvalue weighted by Gasteiger charge is 1.98. The van der Waals surface area contributed by atoms with Gasteiger partial charge >= 0.3 is 5.97 Å². The van der Waals surface area contributed by atoms with Gasteiger partial charge in [0.2, 0.25) is 0 Å². The molecule has 15 heavy (non-hydrogen) atoms. The van der Waals surface area contributed by atoms with Gasteiger partial charge in [0.05, 0.1) is 12.4 Å². The molecule has 2 N–H and O–H groups in total. The first-order valence-electron chi connectivity index (χ1n) is 4.54. The molecule has 1 rings (SSSR count). The quantitative estimate of drug-likeness (QED) is 0.566. The van der Waals surface area contributed by atoms with Crippen LogP contribution in [0.3, 0.4) is 0 Å². The van der Waals surface area contributed by atoms with Gasteiger partial charge in [0.1, 0.15) is 10.8 Å². The van der Waals surface area contributed by atoms with Gasteiger partial charge in [0, 0.05) is 13.0 Å². The summed E-state index contributed by atoms with van der Waals surface area (Å²) in [5.41, 5.74) is 0. The molecule has 6 heteroatoms. The van der Waals surface area contributed by atoms with Gasteiger partial charge in [0.15, 0.2) is 0 Å². The maximum atomic E-state index is 10.3. The molecule has 0 aromatic carbocycles. The zero-order valence-electron chi connectivity index (χ0n) is 8.43. The van der Waals surface area contributed by atoms with E-state index in [0.717, 1.165) is 5.03 Å². The summed E-state index contributed by atoms with van der Waals surface area (Å²) in [7, 11) is 0. The van der Waals surface area contributed by atoms with Crippen molar-refractivity contribution in [2.45, 2.75) is 17.9 Å². The first-order chi connectivity index (χ1) is 7.22. The minimum absolute atomic E-state index is 0.169. The van der Waals surface area contributed by atoms with Crippen molar-refractivity contribution < 1.29 is 9.90 Å². The summed E-state index contributed by atoms with van der Waals surface area (Å²) in [4.78, 5) is 18.5. The van der Waals surface area contributed by atoms with Crippen LogP contribution in [-0.4, -0.2) is 33.8 Å². The number of hydrogen-bond acceptors (Lipinski definition) is 5. The molecule has 0 amide bonds. The second kappa shape index (κ2) is 6.23. The van der Waals surface area contributed by atoms with E-state index in [1.807, 2.05) is 6.26 Å². The van der Waals surface area contributed by atoms with E-state index in [-0.39, 0.29) is 6.42 Å². The van der Waals surface area contributed by atoms with E-state index in [1.165, 1.54) is 11.8 Å². The Morgan fingerprint density at radius 1 is 1.60 bits per heavy atom. The van der Waals surface area contributed by atoms with Crippen LogP contribution in [-0.2, 0) is 4.79 Å². The molecule has 0 saturated heterocycles. The summed E-state index contributed by atoms with van der Waals surface area (Å²) in [5.74, 6) is -0.0898. The number of aromatic nitrogens is 2. The fraction of sp³-hybridized carbons (Fsp3) is 0.444.